The van der Waals surface area contributed by atoms with E-state index in [4.69, 9.17) is 9.52 Å². The Morgan fingerprint density at radius 1 is 1.14 bits per heavy atom. The van der Waals surface area contributed by atoms with Gasteiger partial charge in [-0.05, 0) is 42.8 Å². The molecule has 0 radical (unpaired) electrons. The number of allylic oxidation sites excluding steroid dienone is 2. The lowest BCUT2D eigenvalue weighted by Crippen LogP contribution is -2.48. The number of aliphatic hydroxyl groups is 2. The van der Waals surface area contributed by atoms with E-state index in [0.29, 0.717) is 17.1 Å². The van der Waals surface area contributed by atoms with Crippen molar-refractivity contribution in [1.29, 1.82) is 0 Å². The number of rotatable bonds is 8. The van der Waals surface area contributed by atoms with Crippen molar-refractivity contribution in [2.75, 3.05) is 7.11 Å². The van der Waals surface area contributed by atoms with Gasteiger partial charge in [0.05, 0.1) is 13.2 Å². The Morgan fingerprint density at radius 3 is 2.39 bits per heavy atom. The van der Waals surface area contributed by atoms with Crippen LogP contribution in [-0.4, -0.2) is 41.3 Å². The lowest BCUT2D eigenvalue weighted by molar-refractivity contribution is -0.145. The van der Waals surface area contributed by atoms with Gasteiger partial charge < -0.3 is 24.7 Å². The second kappa shape index (κ2) is 10.2. The Morgan fingerprint density at radius 2 is 1.82 bits per heavy atom. The highest BCUT2D eigenvalue weighted by Gasteiger charge is 2.26. The van der Waals surface area contributed by atoms with Crippen molar-refractivity contribution in [3.05, 3.63) is 71.2 Å². The Bertz CT molecular complexity index is 848. The van der Waals surface area contributed by atoms with E-state index >= 15 is 0 Å². The highest BCUT2D eigenvalue weighted by Crippen LogP contribution is 2.11. The van der Waals surface area contributed by atoms with E-state index in [9.17, 15) is 14.7 Å². The fourth-order valence-electron chi connectivity index (χ4n) is 2.36. The Labute approximate surface area is 162 Å². The molecule has 0 unspecified atom stereocenters. The third-order valence-corrected chi connectivity index (χ3v) is 3.90. The predicted octanol–water partition coefficient (Wildman–Crippen LogP) is 2.15. The molecule has 0 fully saturated rings. The van der Waals surface area contributed by atoms with Crippen LogP contribution in [-0.2, 0) is 16.1 Å². The molecule has 2 aromatic rings. The zero-order valence-electron chi connectivity index (χ0n) is 15.7. The molecule has 2 atom stereocenters. The molecule has 0 saturated carbocycles. The number of ether oxygens (including phenoxy) is 1. The molecule has 0 aliphatic rings. The Balaban J connectivity index is 1.96. The molecule has 0 spiro atoms. The molecule has 1 amide bonds. The van der Waals surface area contributed by atoms with E-state index in [1.165, 1.54) is 14.0 Å². The van der Waals surface area contributed by atoms with Gasteiger partial charge in [0.1, 0.15) is 18.1 Å². The summed E-state index contributed by atoms with van der Waals surface area (Å²) < 4.78 is 9.91. The molecule has 0 aliphatic carbocycles. The van der Waals surface area contributed by atoms with Gasteiger partial charge in [0, 0.05) is 5.56 Å². The van der Waals surface area contributed by atoms with Crippen molar-refractivity contribution in [3.63, 3.8) is 0 Å². The summed E-state index contributed by atoms with van der Waals surface area (Å²) in [5.41, 5.74) is 1.23. The van der Waals surface area contributed by atoms with Crippen molar-refractivity contribution in [1.82, 2.24) is 5.32 Å². The summed E-state index contributed by atoms with van der Waals surface area (Å²) in [6.45, 7) is 1.26. The maximum atomic E-state index is 12.2. The normalized spacial score (nSPS) is 13.6. The highest BCUT2D eigenvalue weighted by molar-refractivity contribution is 5.97. The first-order chi connectivity index (χ1) is 13.4. The largest absolute Gasteiger partial charge is 0.467 e. The second-order valence-electron chi connectivity index (χ2n) is 6.02. The molecular weight excluding hydrogens is 362 g/mol. The smallest absolute Gasteiger partial charge is 0.331 e. The van der Waals surface area contributed by atoms with Crippen LogP contribution in [0.5, 0.6) is 0 Å². The molecular formula is C21H23NO6. The molecule has 3 N–H and O–H groups in total. The summed E-state index contributed by atoms with van der Waals surface area (Å²) in [6, 6.07) is 9.09. The molecule has 28 heavy (non-hydrogen) atoms. The van der Waals surface area contributed by atoms with Crippen LogP contribution >= 0.6 is 0 Å². The van der Waals surface area contributed by atoms with Crippen molar-refractivity contribution in [2.24, 2.45) is 0 Å². The number of aliphatic hydroxyl groups excluding tert-OH is 2. The van der Waals surface area contributed by atoms with Crippen LogP contribution in [0.4, 0.5) is 0 Å². The van der Waals surface area contributed by atoms with Gasteiger partial charge in [-0.25, -0.2) is 4.79 Å². The minimum atomic E-state index is -1.13. The number of benzene rings is 1. The van der Waals surface area contributed by atoms with E-state index in [1.807, 2.05) is 12.2 Å². The van der Waals surface area contributed by atoms with E-state index in [-0.39, 0.29) is 6.61 Å². The van der Waals surface area contributed by atoms with Crippen molar-refractivity contribution >= 4 is 24.0 Å². The van der Waals surface area contributed by atoms with Crippen LogP contribution < -0.4 is 5.32 Å². The van der Waals surface area contributed by atoms with Gasteiger partial charge in [-0.1, -0.05) is 30.4 Å². The number of amides is 1. The zero-order chi connectivity index (χ0) is 20.5. The molecule has 0 saturated heterocycles. The maximum absolute atomic E-state index is 12.2. The highest BCUT2D eigenvalue weighted by atomic mass is 16.5. The number of furan rings is 1. The maximum Gasteiger partial charge on any atom is 0.331 e. The van der Waals surface area contributed by atoms with Crippen LogP contribution in [0.15, 0.2) is 53.0 Å². The van der Waals surface area contributed by atoms with Gasteiger partial charge in [-0.2, -0.15) is 0 Å². The number of methoxy groups -OCH3 is 1. The summed E-state index contributed by atoms with van der Waals surface area (Å²) >= 11 is 0. The molecule has 0 bridgehead atoms. The lowest BCUT2D eigenvalue weighted by atomic mass is 10.1. The van der Waals surface area contributed by atoms with Gasteiger partial charge in [0.15, 0.2) is 6.04 Å². The van der Waals surface area contributed by atoms with Crippen LogP contribution in [0.1, 0.15) is 34.4 Å². The van der Waals surface area contributed by atoms with Gasteiger partial charge in [-0.15, -0.1) is 0 Å². The standard InChI is InChI=1S/C21H23NO6/c1-14(24)19(21(26)27-2)22-20(25)16-9-7-15(8-10-16)5-3-4-6-17-11-12-18(13-23)28-17/h3-12,14,19,23-24H,13H2,1-2H3,(H,22,25)/b5-3+,6-4+/t14-,19+/m1/s1. The molecule has 148 valence electrons. The molecule has 7 heteroatoms. The molecule has 1 aromatic carbocycles. The first-order valence-corrected chi connectivity index (χ1v) is 8.65. The van der Waals surface area contributed by atoms with Crippen LogP contribution in [0.2, 0.25) is 0 Å². The summed E-state index contributed by atoms with van der Waals surface area (Å²) in [5.74, 6) is -0.0527. The van der Waals surface area contributed by atoms with E-state index in [0.717, 1.165) is 5.56 Å². The topological polar surface area (TPSA) is 109 Å². The zero-order valence-corrected chi connectivity index (χ0v) is 15.7. The SMILES string of the molecule is COC(=O)[C@@H](NC(=O)c1ccc(/C=C/C=C/c2ccc(CO)o2)cc1)[C@@H](C)O. The molecule has 1 aromatic heterocycles. The summed E-state index contributed by atoms with van der Waals surface area (Å²) in [5, 5.41) is 21.0. The van der Waals surface area contributed by atoms with E-state index in [2.05, 4.69) is 10.1 Å². The van der Waals surface area contributed by atoms with E-state index < -0.39 is 24.0 Å². The second-order valence-corrected chi connectivity index (χ2v) is 6.02. The molecule has 7 nitrogen and oxygen atoms in total. The number of carbonyl (C=O) groups is 2. The van der Waals surface area contributed by atoms with Crippen molar-refractivity contribution in [3.8, 4) is 0 Å². The van der Waals surface area contributed by atoms with Gasteiger partial charge in [0.2, 0.25) is 0 Å². The quantitative estimate of drug-likeness (QED) is 0.475. The molecule has 2 rings (SSSR count). The first kappa shape index (κ1) is 21.1. The van der Waals surface area contributed by atoms with Crippen LogP contribution in [0.3, 0.4) is 0 Å². The predicted molar refractivity (Wildman–Crippen MR) is 104 cm³/mol. The van der Waals surface area contributed by atoms with Crippen molar-refractivity contribution < 1.29 is 29.0 Å². The average molecular weight is 385 g/mol. The minimum absolute atomic E-state index is 0.138. The average Bonchev–Trinajstić information content (AvgIpc) is 3.17. The number of hydrogen-bond acceptors (Lipinski definition) is 6. The Kier molecular flexibility index (Phi) is 7.74. The van der Waals surface area contributed by atoms with Gasteiger partial charge in [0.25, 0.3) is 5.91 Å². The number of hydrogen-bond donors (Lipinski definition) is 3. The Hall–Kier alpha value is -3.16. The fourth-order valence-corrected chi connectivity index (χ4v) is 2.36. The van der Waals surface area contributed by atoms with E-state index in [1.54, 1.807) is 48.6 Å². The third-order valence-electron chi connectivity index (χ3n) is 3.90. The minimum Gasteiger partial charge on any atom is -0.467 e. The summed E-state index contributed by atoms with van der Waals surface area (Å²) in [4.78, 5) is 23.9. The first-order valence-electron chi connectivity index (χ1n) is 8.65. The number of nitrogens with one attached hydrogen (secondary N) is 1. The summed E-state index contributed by atoms with van der Waals surface area (Å²) in [7, 11) is 1.19. The monoisotopic (exact) mass is 385 g/mol. The van der Waals surface area contributed by atoms with Gasteiger partial charge in [-0.3, -0.25) is 4.79 Å². The lowest BCUT2D eigenvalue weighted by Gasteiger charge is -2.18. The van der Waals surface area contributed by atoms with Crippen molar-refractivity contribution in [2.45, 2.75) is 25.7 Å². The fraction of sp³-hybridized carbons (Fsp3) is 0.238. The van der Waals surface area contributed by atoms with Crippen LogP contribution in [0, 0.1) is 0 Å². The van der Waals surface area contributed by atoms with Crippen LogP contribution in [0.25, 0.3) is 12.2 Å². The third kappa shape index (κ3) is 5.94. The summed E-state index contributed by atoms with van der Waals surface area (Å²) in [6.07, 6.45) is 6.15. The number of esters is 1. The molecule has 0 aliphatic heterocycles. The van der Waals surface area contributed by atoms with Gasteiger partial charge >= 0.3 is 5.97 Å². The molecule has 1 heterocycles. The number of carbonyl (C=O) groups excluding carboxylic acids is 2.